The molecule has 0 spiro atoms. The van der Waals surface area contributed by atoms with Gasteiger partial charge in [-0.25, -0.2) is 13.2 Å². The van der Waals surface area contributed by atoms with E-state index in [0.717, 1.165) is 6.26 Å². The van der Waals surface area contributed by atoms with Crippen molar-refractivity contribution in [2.75, 3.05) is 12.0 Å². The van der Waals surface area contributed by atoms with Crippen LogP contribution in [0, 0.1) is 0 Å². The van der Waals surface area contributed by atoms with Crippen molar-refractivity contribution < 1.29 is 23.1 Å². The van der Waals surface area contributed by atoms with Gasteiger partial charge in [0.25, 0.3) is 0 Å². The molecule has 0 aromatic rings. The first kappa shape index (κ1) is 16.9. The van der Waals surface area contributed by atoms with Crippen LogP contribution in [0.15, 0.2) is 0 Å². The van der Waals surface area contributed by atoms with Crippen molar-refractivity contribution in [3.63, 3.8) is 0 Å². The Labute approximate surface area is 107 Å². The van der Waals surface area contributed by atoms with Crippen LogP contribution in [-0.2, 0) is 19.4 Å². The summed E-state index contributed by atoms with van der Waals surface area (Å²) in [7, 11) is -3.18. The number of nitrogens with one attached hydrogen (secondary N) is 1. The van der Waals surface area contributed by atoms with Crippen LogP contribution in [0.3, 0.4) is 0 Å². The van der Waals surface area contributed by atoms with Gasteiger partial charge < -0.3 is 16.2 Å². The van der Waals surface area contributed by atoms with Gasteiger partial charge in [0.1, 0.15) is 15.9 Å². The van der Waals surface area contributed by atoms with Gasteiger partial charge in [-0.05, 0) is 12.8 Å². The lowest BCUT2D eigenvalue weighted by molar-refractivity contribution is -0.142. The summed E-state index contributed by atoms with van der Waals surface area (Å²) in [6.45, 7) is 1.80. The minimum absolute atomic E-state index is 0.0247. The molecule has 0 aromatic carbocycles. The quantitative estimate of drug-likeness (QED) is 0.530. The Balaban J connectivity index is 4.33. The zero-order valence-corrected chi connectivity index (χ0v) is 11.4. The van der Waals surface area contributed by atoms with Crippen molar-refractivity contribution in [1.82, 2.24) is 5.32 Å². The van der Waals surface area contributed by atoms with Gasteiger partial charge in [0.05, 0.1) is 11.8 Å². The van der Waals surface area contributed by atoms with Crippen LogP contribution in [0.1, 0.15) is 26.2 Å². The van der Waals surface area contributed by atoms with Gasteiger partial charge >= 0.3 is 5.97 Å². The Kier molecular flexibility index (Phi) is 6.85. The molecule has 0 aromatic heterocycles. The number of carbonyl (C=O) groups is 2. The molecule has 0 heterocycles. The highest BCUT2D eigenvalue weighted by atomic mass is 32.2. The van der Waals surface area contributed by atoms with Crippen molar-refractivity contribution in [2.24, 2.45) is 5.73 Å². The number of carboxylic acids is 1. The standard InChI is InChI=1S/C10H20N2O5S/c1-3-4-8(10(14)15)12-9(13)7(11)5-6-18(2,16)17/h7-8H,3-6,11H2,1-2H3,(H,12,13)(H,14,15). The highest BCUT2D eigenvalue weighted by Gasteiger charge is 2.23. The molecule has 8 heteroatoms. The first-order valence-electron chi connectivity index (χ1n) is 5.64. The lowest BCUT2D eigenvalue weighted by Gasteiger charge is -2.17. The Morgan fingerprint density at radius 2 is 1.89 bits per heavy atom. The molecule has 4 N–H and O–H groups in total. The average molecular weight is 280 g/mol. The van der Waals surface area contributed by atoms with E-state index in [4.69, 9.17) is 10.8 Å². The molecule has 0 radical (unpaired) electrons. The normalized spacial score (nSPS) is 14.8. The monoisotopic (exact) mass is 280 g/mol. The lowest BCUT2D eigenvalue weighted by Crippen LogP contribution is -2.48. The first-order chi connectivity index (χ1) is 8.17. The number of carboxylic acid groups (broad SMARTS) is 1. The van der Waals surface area contributed by atoms with Crippen LogP contribution in [0.4, 0.5) is 0 Å². The van der Waals surface area contributed by atoms with Gasteiger partial charge in [-0.15, -0.1) is 0 Å². The van der Waals surface area contributed by atoms with Gasteiger partial charge in [-0.1, -0.05) is 13.3 Å². The minimum Gasteiger partial charge on any atom is -0.480 e. The van der Waals surface area contributed by atoms with E-state index in [1.165, 1.54) is 0 Å². The highest BCUT2D eigenvalue weighted by molar-refractivity contribution is 7.90. The molecule has 106 valence electrons. The van der Waals surface area contributed by atoms with Gasteiger partial charge in [0.15, 0.2) is 0 Å². The summed E-state index contributed by atoms with van der Waals surface area (Å²) in [5.41, 5.74) is 5.50. The third-order valence-electron chi connectivity index (χ3n) is 2.33. The third kappa shape index (κ3) is 7.23. The van der Waals surface area contributed by atoms with E-state index in [9.17, 15) is 18.0 Å². The van der Waals surface area contributed by atoms with Crippen LogP contribution >= 0.6 is 0 Å². The van der Waals surface area contributed by atoms with Crippen LogP contribution in [0.5, 0.6) is 0 Å². The predicted octanol–water partition coefficient (Wildman–Crippen LogP) is -0.882. The molecular formula is C10H20N2O5S. The summed E-state index contributed by atoms with van der Waals surface area (Å²) >= 11 is 0. The molecule has 7 nitrogen and oxygen atoms in total. The molecule has 2 unspecified atom stereocenters. The maximum absolute atomic E-state index is 11.6. The second kappa shape index (κ2) is 7.32. The van der Waals surface area contributed by atoms with Gasteiger partial charge in [0, 0.05) is 6.26 Å². The van der Waals surface area contributed by atoms with E-state index >= 15 is 0 Å². The summed E-state index contributed by atoms with van der Waals surface area (Å²) in [5.74, 6) is -1.97. The van der Waals surface area contributed by atoms with E-state index in [1.807, 2.05) is 0 Å². The Morgan fingerprint density at radius 1 is 1.33 bits per heavy atom. The molecule has 0 aliphatic carbocycles. The molecule has 0 aliphatic rings. The van der Waals surface area contributed by atoms with Crippen LogP contribution in [-0.4, -0.2) is 49.5 Å². The van der Waals surface area contributed by atoms with Crippen molar-refractivity contribution in [1.29, 1.82) is 0 Å². The molecule has 0 rings (SSSR count). The Morgan fingerprint density at radius 3 is 2.28 bits per heavy atom. The predicted molar refractivity (Wildman–Crippen MR) is 66.8 cm³/mol. The van der Waals surface area contributed by atoms with E-state index in [0.29, 0.717) is 12.8 Å². The Bertz CT molecular complexity index is 393. The number of hydrogen-bond acceptors (Lipinski definition) is 5. The number of sulfone groups is 1. The topological polar surface area (TPSA) is 127 Å². The molecule has 18 heavy (non-hydrogen) atoms. The number of aliphatic carboxylic acids is 1. The second-order valence-electron chi connectivity index (χ2n) is 4.21. The zero-order chi connectivity index (χ0) is 14.3. The van der Waals surface area contributed by atoms with Crippen LogP contribution in [0.2, 0.25) is 0 Å². The fourth-order valence-corrected chi connectivity index (χ4v) is 1.98. The zero-order valence-electron chi connectivity index (χ0n) is 10.5. The summed E-state index contributed by atoms with van der Waals surface area (Å²) in [5, 5.41) is 11.1. The lowest BCUT2D eigenvalue weighted by atomic mass is 10.1. The molecule has 0 saturated heterocycles. The molecular weight excluding hydrogens is 260 g/mol. The Hall–Kier alpha value is -1.15. The molecule has 0 fully saturated rings. The fourth-order valence-electron chi connectivity index (χ4n) is 1.30. The van der Waals surface area contributed by atoms with Gasteiger partial charge in [-0.3, -0.25) is 4.79 Å². The third-order valence-corrected chi connectivity index (χ3v) is 3.31. The van der Waals surface area contributed by atoms with Crippen LogP contribution < -0.4 is 11.1 Å². The summed E-state index contributed by atoms with van der Waals surface area (Å²) in [4.78, 5) is 22.4. The summed E-state index contributed by atoms with van der Waals surface area (Å²) in [6, 6.07) is -2.00. The SMILES string of the molecule is CCCC(NC(=O)C(N)CCS(C)(=O)=O)C(=O)O. The smallest absolute Gasteiger partial charge is 0.326 e. The molecule has 0 saturated carbocycles. The number of hydrogen-bond donors (Lipinski definition) is 3. The number of rotatable bonds is 8. The second-order valence-corrected chi connectivity index (χ2v) is 6.47. The van der Waals surface area contributed by atoms with Crippen molar-refractivity contribution in [3.8, 4) is 0 Å². The minimum atomic E-state index is -3.18. The fraction of sp³-hybridized carbons (Fsp3) is 0.800. The van der Waals surface area contributed by atoms with E-state index < -0.39 is 33.8 Å². The van der Waals surface area contributed by atoms with Gasteiger partial charge in [-0.2, -0.15) is 0 Å². The largest absolute Gasteiger partial charge is 0.480 e. The molecule has 0 aliphatic heterocycles. The maximum atomic E-state index is 11.6. The number of nitrogens with two attached hydrogens (primary N) is 1. The first-order valence-corrected chi connectivity index (χ1v) is 7.70. The average Bonchev–Trinajstić information content (AvgIpc) is 2.23. The van der Waals surface area contributed by atoms with Crippen molar-refractivity contribution in [2.45, 2.75) is 38.3 Å². The van der Waals surface area contributed by atoms with E-state index in [1.54, 1.807) is 6.92 Å². The number of carbonyl (C=O) groups excluding carboxylic acids is 1. The molecule has 1 amide bonds. The summed E-state index contributed by atoms with van der Waals surface area (Å²) in [6.07, 6.45) is 1.94. The molecule has 0 bridgehead atoms. The van der Waals surface area contributed by atoms with Gasteiger partial charge in [0.2, 0.25) is 5.91 Å². The van der Waals surface area contributed by atoms with Crippen molar-refractivity contribution >= 4 is 21.7 Å². The molecule has 2 atom stereocenters. The highest BCUT2D eigenvalue weighted by Crippen LogP contribution is 1.99. The summed E-state index contributed by atoms with van der Waals surface area (Å²) < 4.78 is 21.8. The van der Waals surface area contributed by atoms with Crippen LogP contribution in [0.25, 0.3) is 0 Å². The van der Waals surface area contributed by atoms with E-state index in [2.05, 4.69) is 5.32 Å². The maximum Gasteiger partial charge on any atom is 0.326 e. The van der Waals surface area contributed by atoms with Crippen molar-refractivity contribution in [3.05, 3.63) is 0 Å². The number of amides is 1. The van der Waals surface area contributed by atoms with E-state index in [-0.39, 0.29) is 12.2 Å².